The minimum absolute atomic E-state index is 0. The maximum absolute atomic E-state index is 6.12. The Kier molecular flexibility index (Phi) is 6.36. The second-order valence-electron chi connectivity index (χ2n) is 4.71. The van der Waals surface area contributed by atoms with Crippen molar-refractivity contribution in [1.82, 2.24) is 0 Å². The predicted molar refractivity (Wildman–Crippen MR) is 85.2 cm³/mol. The second-order valence-corrected chi connectivity index (χ2v) is 5.14. The molecular formula is C16H19Cl2N. The summed E-state index contributed by atoms with van der Waals surface area (Å²) in [6, 6.07) is 18.6. The van der Waals surface area contributed by atoms with Crippen molar-refractivity contribution in [2.24, 2.45) is 5.73 Å². The minimum atomic E-state index is 0. The van der Waals surface area contributed by atoms with Crippen LogP contribution < -0.4 is 5.73 Å². The van der Waals surface area contributed by atoms with Gasteiger partial charge in [0.25, 0.3) is 0 Å². The Morgan fingerprint density at radius 2 is 1.58 bits per heavy atom. The molecule has 0 fully saturated rings. The van der Waals surface area contributed by atoms with Gasteiger partial charge in [-0.1, -0.05) is 54.1 Å². The molecule has 2 unspecified atom stereocenters. The lowest BCUT2D eigenvalue weighted by Gasteiger charge is -2.21. The van der Waals surface area contributed by atoms with E-state index in [1.807, 2.05) is 18.2 Å². The second kappa shape index (κ2) is 7.54. The van der Waals surface area contributed by atoms with Crippen molar-refractivity contribution in [1.29, 1.82) is 0 Å². The van der Waals surface area contributed by atoms with Crippen molar-refractivity contribution in [3.8, 4) is 0 Å². The van der Waals surface area contributed by atoms with E-state index in [0.29, 0.717) is 5.92 Å². The van der Waals surface area contributed by atoms with E-state index >= 15 is 0 Å². The van der Waals surface area contributed by atoms with Crippen molar-refractivity contribution < 1.29 is 0 Å². The normalized spacial score (nSPS) is 13.4. The van der Waals surface area contributed by atoms with E-state index in [-0.39, 0.29) is 18.4 Å². The highest BCUT2D eigenvalue weighted by molar-refractivity contribution is 6.30. The topological polar surface area (TPSA) is 26.0 Å². The highest BCUT2D eigenvalue weighted by atomic mass is 35.5. The van der Waals surface area contributed by atoms with E-state index in [1.165, 1.54) is 11.1 Å². The molecule has 1 nitrogen and oxygen atoms in total. The standard InChI is InChI=1S/C16H18ClN.ClH/c1-12(18)16(11-13-5-3-2-4-6-13)14-7-9-15(17)10-8-14;/h2-10,12,16H,11,18H2,1H3;1H. The number of hydrogen-bond donors (Lipinski definition) is 1. The zero-order valence-electron chi connectivity index (χ0n) is 10.9. The van der Waals surface area contributed by atoms with Crippen molar-refractivity contribution in [3.63, 3.8) is 0 Å². The molecule has 0 heterocycles. The first-order chi connectivity index (χ1) is 8.66. The average molecular weight is 296 g/mol. The van der Waals surface area contributed by atoms with Gasteiger partial charge in [-0.15, -0.1) is 12.4 Å². The fraction of sp³-hybridized carbons (Fsp3) is 0.250. The van der Waals surface area contributed by atoms with Crippen LogP contribution in [0.3, 0.4) is 0 Å². The highest BCUT2D eigenvalue weighted by Gasteiger charge is 2.16. The predicted octanol–water partition coefficient (Wildman–Crippen LogP) is 4.44. The number of halogens is 2. The summed E-state index contributed by atoms with van der Waals surface area (Å²) in [7, 11) is 0. The van der Waals surface area contributed by atoms with Gasteiger partial charge in [-0.3, -0.25) is 0 Å². The summed E-state index contributed by atoms with van der Waals surface area (Å²) < 4.78 is 0. The fourth-order valence-corrected chi connectivity index (χ4v) is 2.31. The van der Waals surface area contributed by atoms with Gasteiger partial charge >= 0.3 is 0 Å². The molecule has 0 saturated carbocycles. The number of hydrogen-bond acceptors (Lipinski definition) is 1. The summed E-state index contributed by atoms with van der Waals surface area (Å²) in [6.45, 7) is 2.06. The van der Waals surface area contributed by atoms with E-state index in [1.54, 1.807) is 0 Å². The van der Waals surface area contributed by atoms with E-state index in [4.69, 9.17) is 17.3 Å². The lowest BCUT2D eigenvalue weighted by Crippen LogP contribution is -2.26. The Morgan fingerprint density at radius 3 is 2.11 bits per heavy atom. The van der Waals surface area contributed by atoms with Gasteiger partial charge in [-0.2, -0.15) is 0 Å². The zero-order valence-corrected chi connectivity index (χ0v) is 12.5. The summed E-state index contributed by atoms with van der Waals surface area (Å²) in [4.78, 5) is 0. The van der Waals surface area contributed by atoms with Gasteiger partial charge in [-0.05, 0) is 36.6 Å². The molecule has 2 aromatic carbocycles. The first-order valence-electron chi connectivity index (χ1n) is 6.22. The van der Waals surface area contributed by atoms with E-state index < -0.39 is 0 Å². The van der Waals surface area contributed by atoms with Crippen LogP contribution in [0.5, 0.6) is 0 Å². The SMILES string of the molecule is CC(N)C(Cc1ccccc1)c1ccc(Cl)cc1.Cl. The van der Waals surface area contributed by atoms with Crippen LogP contribution in [0.4, 0.5) is 0 Å². The Balaban J connectivity index is 0.00000180. The van der Waals surface area contributed by atoms with Gasteiger partial charge in [0.05, 0.1) is 0 Å². The smallest absolute Gasteiger partial charge is 0.0406 e. The van der Waals surface area contributed by atoms with Crippen LogP contribution in [-0.4, -0.2) is 6.04 Å². The molecule has 0 saturated heterocycles. The van der Waals surface area contributed by atoms with Crippen LogP contribution in [0.25, 0.3) is 0 Å². The minimum Gasteiger partial charge on any atom is -0.327 e. The Hall–Kier alpha value is -1.02. The summed E-state index contributed by atoms with van der Waals surface area (Å²) in [5.74, 6) is 0.324. The quantitative estimate of drug-likeness (QED) is 0.887. The van der Waals surface area contributed by atoms with Crippen LogP contribution >= 0.6 is 24.0 Å². The largest absolute Gasteiger partial charge is 0.327 e. The van der Waals surface area contributed by atoms with E-state index in [9.17, 15) is 0 Å². The molecule has 0 radical (unpaired) electrons. The van der Waals surface area contributed by atoms with Crippen LogP contribution in [0.2, 0.25) is 5.02 Å². The molecule has 0 amide bonds. The molecule has 2 atom stereocenters. The molecule has 102 valence electrons. The summed E-state index contributed by atoms with van der Waals surface area (Å²) in [6.07, 6.45) is 0.958. The van der Waals surface area contributed by atoms with Crippen molar-refractivity contribution in [2.45, 2.75) is 25.3 Å². The zero-order chi connectivity index (χ0) is 13.0. The summed E-state index contributed by atoms with van der Waals surface area (Å²) >= 11 is 5.92. The fourth-order valence-electron chi connectivity index (χ4n) is 2.19. The molecule has 0 spiro atoms. The molecule has 0 aliphatic heterocycles. The van der Waals surface area contributed by atoms with Gasteiger partial charge in [0.2, 0.25) is 0 Å². The lowest BCUT2D eigenvalue weighted by molar-refractivity contribution is 0.565. The molecule has 0 aliphatic rings. The van der Waals surface area contributed by atoms with Gasteiger partial charge in [0.15, 0.2) is 0 Å². The third-order valence-electron chi connectivity index (χ3n) is 3.23. The van der Waals surface area contributed by atoms with Gasteiger partial charge in [0, 0.05) is 17.0 Å². The molecule has 2 N–H and O–H groups in total. The van der Waals surface area contributed by atoms with E-state index in [2.05, 4.69) is 43.3 Å². The Bertz CT molecular complexity index is 480. The van der Waals surface area contributed by atoms with Gasteiger partial charge in [0.1, 0.15) is 0 Å². The maximum atomic E-state index is 6.12. The monoisotopic (exact) mass is 295 g/mol. The summed E-state index contributed by atoms with van der Waals surface area (Å²) in [5, 5.41) is 0.766. The van der Waals surface area contributed by atoms with Gasteiger partial charge < -0.3 is 5.73 Å². The van der Waals surface area contributed by atoms with Crippen molar-refractivity contribution >= 4 is 24.0 Å². The molecule has 0 aromatic heterocycles. The molecular weight excluding hydrogens is 277 g/mol. The maximum Gasteiger partial charge on any atom is 0.0406 e. The Morgan fingerprint density at radius 1 is 1.00 bits per heavy atom. The summed E-state index contributed by atoms with van der Waals surface area (Å²) in [5.41, 5.74) is 8.68. The molecule has 0 bridgehead atoms. The van der Waals surface area contributed by atoms with Crippen molar-refractivity contribution in [3.05, 3.63) is 70.7 Å². The lowest BCUT2D eigenvalue weighted by atomic mass is 9.87. The molecule has 0 aliphatic carbocycles. The molecule has 2 rings (SSSR count). The van der Waals surface area contributed by atoms with E-state index in [0.717, 1.165) is 11.4 Å². The van der Waals surface area contributed by atoms with Crippen LogP contribution in [-0.2, 0) is 6.42 Å². The Labute approximate surface area is 126 Å². The molecule has 2 aromatic rings. The first-order valence-corrected chi connectivity index (χ1v) is 6.59. The van der Waals surface area contributed by atoms with Gasteiger partial charge in [-0.25, -0.2) is 0 Å². The highest BCUT2D eigenvalue weighted by Crippen LogP contribution is 2.24. The van der Waals surface area contributed by atoms with Crippen molar-refractivity contribution in [2.75, 3.05) is 0 Å². The number of benzene rings is 2. The molecule has 3 heteroatoms. The number of nitrogens with two attached hydrogens (primary N) is 1. The number of rotatable bonds is 4. The molecule has 19 heavy (non-hydrogen) atoms. The van der Waals surface area contributed by atoms with Crippen LogP contribution in [0.1, 0.15) is 24.0 Å². The third kappa shape index (κ3) is 4.54. The average Bonchev–Trinajstić information content (AvgIpc) is 2.38. The van der Waals surface area contributed by atoms with Crippen LogP contribution in [0.15, 0.2) is 54.6 Å². The van der Waals surface area contributed by atoms with Crippen LogP contribution in [0, 0.1) is 0 Å². The first kappa shape index (κ1) is 16.0. The third-order valence-corrected chi connectivity index (χ3v) is 3.48.